The molecule has 0 spiro atoms. The predicted octanol–water partition coefficient (Wildman–Crippen LogP) is 2.01. The molecule has 1 fully saturated rings. The second-order valence-electron chi connectivity index (χ2n) is 4.09. The Kier molecular flexibility index (Phi) is 2.73. The zero-order chi connectivity index (χ0) is 10.8. The Morgan fingerprint density at radius 3 is 2.73 bits per heavy atom. The molecular weight excluding hydrogens is 192 g/mol. The van der Waals surface area contributed by atoms with E-state index in [0.29, 0.717) is 11.5 Å². The van der Waals surface area contributed by atoms with Gasteiger partial charge in [-0.05, 0) is 42.9 Å². The van der Waals surface area contributed by atoms with Crippen molar-refractivity contribution in [3.05, 3.63) is 35.4 Å². The van der Waals surface area contributed by atoms with Crippen molar-refractivity contribution < 1.29 is 15.0 Å². The van der Waals surface area contributed by atoms with Gasteiger partial charge < -0.3 is 10.2 Å². The van der Waals surface area contributed by atoms with E-state index >= 15 is 0 Å². The highest BCUT2D eigenvalue weighted by molar-refractivity contribution is 5.87. The fourth-order valence-corrected chi connectivity index (χ4v) is 2.19. The molecule has 0 bridgehead atoms. The molecule has 1 aromatic carbocycles. The molecule has 0 heterocycles. The maximum absolute atomic E-state index is 10.8. The van der Waals surface area contributed by atoms with Crippen LogP contribution in [0.1, 0.15) is 41.1 Å². The SMILES string of the molecule is O=C(O)c1cccc(C2CCC(O)C2)c1. The summed E-state index contributed by atoms with van der Waals surface area (Å²) >= 11 is 0. The van der Waals surface area contributed by atoms with Gasteiger partial charge in [-0.1, -0.05) is 12.1 Å². The van der Waals surface area contributed by atoms with Crippen molar-refractivity contribution in [2.75, 3.05) is 0 Å². The summed E-state index contributed by atoms with van der Waals surface area (Å²) in [7, 11) is 0. The second-order valence-corrected chi connectivity index (χ2v) is 4.09. The van der Waals surface area contributed by atoms with Crippen molar-refractivity contribution in [2.45, 2.75) is 31.3 Å². The Morgan fingerprint density at radius 2 is 2.13 bits per heavy atom. The van der Waals surface area contributed by atoms with Crippen molar-refractivity contribution in [1.29, 1.82) is 0 Å². The lowest BCUT2D eigenvalue weighted by molar-refractivity contribution is 0.0696. The van der Waals surface area contributed by atoms with Gasteiger partial charge >= 0.3 is 5.97 Å². The number of hydrogen-bond donors (Lipinski definition) is 2. The molecule has 3 heteroatoms. The van der Waals surface area contributed by atoms with Gasteiger partial charge in [-0.3, -0.25) is 0 Å². The molecular formula is C12H14O3. The minimum Gasteiger partial charge on any atom is -0.478 e. The molecule has 1 aliphatic carbocycles. The first-order valence-corrected chi connectivity index (χ1v) is 5.18. The molecule has 0 aliphatic heterocycles. The highest BCUT2D eigenvalue weighted by atomic mass is 16.4. The second kappa shape index (κ2) is 4.03. The molecule has 0 amide bonds. The van der Waals surface area contributed by atoms with Crippen molar-refractivity contribution in [3.63, 3.8) is 0 Å². The molecule has 3 nitrogen and oxygen atoms in total. The molecule has 2 atom stereocenters. The molecule has 1 saturated carbocycles. The maximum atomic E-state index is 10.8. The number of aromatic carboxylic acids is 1. The molecule has 2 N–H and O–H groups in total. The Morgan fingerprint density at radius 1 is 1.33 bits per heavy atom. The van der Waals surface area contributed by atoms with Crippen LogP contribution in [-0.4, -0.2) is 22.3 Å². The fourth-order valence-electron chi connectivity index (χ4n) is 2.19. The minimum atomic E-state index is -0.893. The average molecular weight is 206 g/mol. The van der Waals surface area contributed by atoms with E-state index in [1.807, 2.05) is 6.07 Å². The molecule has 1 aliphatic rings. The van der Waals surface area contributed by atoms with Crippen LogP contribution in [0, 0.1) is 0 Å². The Bertz CT molecular complexity index is 373. The van der Waals surface area contributed by atoms with Crippen LogP contribution in [0.3, 0.4) is 0 Å². The molecule has 80 valence electrons. The van der Waals surface area contributed by atoms with Crippen LogP contribution in [-0.2, 0) is 0 Å². The van der Waals surface area contributed by atoms with Crippen molar-refractivity contribution >= 4 is 5.97 Å². The lowest BCUT2D eigenvalue weighted by Gasteiger charge is -2.09. The Hall–Kier alpha value is -1.35. The first kappa shape index (κ1) is 10.2. The molecule has 1 aromatic rings. The van der Waals surface area contributed by atoms with E-state index in [1.165, 1.54) is 0 Å². The third-order valence-electron chi connectivity index (χ3n) is 3.01. The summed E-state index contributed by atoms with van der Waals surface area (Å²) in [6, 6.07) is 7.01. The number of aliphatic hydroxyl groups excluding tert-OH is 1. The van der Waals surface area contributed by atoms with Crippen LogP contribution >= 0.6 is 0 Å². The first-order valence-electron chi connectivity index (χ1n) is 5.18. The lowest BCUT2D eigenvalue weighted by Crippen LogP contribution is -2.01. The Balaban J connectivity index is 2.21. The van der Waals surface area contributed by atoms with E-state index in [1.54, 1.807) is 18.2 Å². The Labute approximate surface area is 88.4 Å². The number of hydrogen-bond acceptors (Lipinski definition) is 2. The van der Waals surface area contributed by atoms with E-state index in [-0.39, 0.29) is 6.10 Å². The van der Waals surface area contributed by atoms with Gasteiger partial charge in [0.25, 0.3) is 0 Å². The van der Waals surface area contributed by atoms with E-state index in [4.69, 9.17) is 5.11 Å². The normalized spacial score (nSPS) is 25.4. The van der Waals surface area contributed by atoms with E-state index < -0.39 is 5.97 Å². The zero-order valence-electron chi connectivity index (χ0n) is 8.39. The minimum absolute atomic E-state index is 0.219. The van der Waals surface area contributed by atoms with Crippen molar-refractivity contribution in [1.82, 2.24) is 0 Å². The number of benzene rings is 1. The molecule has 2 rings (SSSR count). The lowest BCUT2D eigenvalue weighted by atomic mass is 9.96. The first-order chi connectivity index (χ1) is 7.16. The van der Waals surface area contributed by atoms with Crippen LogP contribution < -0.4 is 0 Å². The summed E-state index contributed by atoms with van der Waals surface area (Å²) in [5, 5.41) is 18.3. The number of carbonyl (C=O) groups is 1. The topological polar surface area (TPSA) is 57.5 Å². The number of aliphatic hydroxyl groups is 1. The molecule has 0 radical (unpaired) electrons. The number of carboxylic acids is 1. The molecule has 15 heavy (non-hydrogen) atoms. The average Bonchev–Trinajstić information content (AvgIpc) is 2.65. The maximum Gasteiger partial charge on any atom is 0.335 e. The summed E-state index contributed by atoms with van der Waals surface area (Å²) in [5.41, 5.74) is 1.36. The highest BCUT2D eigenvalue weighted by Crippen LogP contribution is 2.34. The van der Waals surface area contributed by atoms with Crippen LogP contribution in [0.4, 0.5) is 0 Å². The largest absolute Gasteiger partial charge is 0.478 e. The van der Waals surface area contributed by atoms with E-state index in [9.17, 15) is 9.90 Å². The van der Waals surface area contributed by atoms with Gasteiger partial charge in [-0.25, -0.2) is 4.79 Å². The summed E-state index contributed by atoms with van der Waals surface area (Å²) < 4.78 is 0. The van der Waals surface area contributed by atoms with Gasteiger partial charge in [0.15, 0.2) is 0 Å². The van der Waals surface area contributed by atoms with Gasteiger partial charge in [0.1, 0.15) is 0 Å². The molecule has 0 saturated heterocycles. The smallest absolute Gasteiger partial charge is 0.335 e. The van der Waals surface area contributed by atoms with Crippen molar-refractivity contribution in [3.8, 4) is 0 Å². The monoisotopic (exact) mass is 206 g/mol. The van der Waals surface area contributed by atoms with Gasteiger partial charge in [0.2, 0.25) is 0 Å². The standard InChI is InChI=1S/C12H14O3/c13-11-5-4-9(7-11)8-2-1-3-10(6-8)12(14)15/h1-3,6,9,11,13H,4-5,7H2,(H,14,15). The molecule has 0 aromatic heterocycles. The van der Waals surface area contributed by atoms with Gasteiger partial charge in [-0.2, -0.15) is 0 Å². The van der Waals surface area contributed by atoms with Crippen molar-refractivity contribution in [2.24, 2.45) is 0 Å². The van der Waals surface area contributed by atoms with Crippen LogP contribution in [0.25, 0.3) is 0 Å². The van der Waals surface area contributed by atoms with Crippen LogP contribution in [0.2, 0.25) is 0 Å². The van der Waals surface area contributed by atoms with Crippen LogP contribution in [0.5, 0.6) is 0 Å². The summed E-state index contributed by atoms with van der Waals surface area (Å²) in [5.74, 6) is -0.574. The third-order valence-corrected chi connectivity index (χ3v) is 3.01. The van der Waals surface area contributed by atoms with Crippen LogP contribution in [0.15, 0.2) is 24.3 Å². The number of rotatable bonds is 2. The van der Waals surface area contributed by atoms with E-state index in [0.717, 1.165) is 24.8 Å². The van der Waals surface area contributed by atoms with Gasteiger partial charge in [-0.15, -0.1) is 0 Å². The summed E-state index contributed by atoms with van der Waals surface area (Å²) in [4.78, 5) is 10.8. The summed E-state index contributed by atoms with van der Waals surface area (Å²) in [6.07, 6.45) is 2.30. The predicted molar refractivity (Wildman–Crippen MR) is 56.0 cm³/mol. The van der Waals surface area contributed by atoms with Gasteiger partial charge in [0.05, 0.1) is 11.7 Å². The quantitative estimate of drug-likeness (QED) is 0.778. The zero-order valence-corrected chi connectivity index (χ0v) is 8.39. The fraction of sp³-hybridized carbons (Fsp3) is 0.417. The summed E-state index contributed by atoms with van der Waals surface area (Å²) in [6.45, 7) is 0. The molecule has 2 unspecified atom stereocenters. The highest BCUT2D eigenvalue weighted by Gasteiger charge is 2.24. The van der Waals surface area contributed by atoms with Gasteiger partial charge in [0, 0.05) is 0 Å². The number of carboxylic acid groups (broad SMARTS) is 1. The third kappa shape index (κ3) is 2.18. The van der Waals surface area contributed by atoms with E-state index in [2.05, 4.69) is 0 Å².